The zero-order valence-electron chi connectivity index (χ0n) is 13.7. The first kappa shape index (κ1) is 16.0. The molecule has 2 aliphatic rings. The molecule has 24 heavy (non-hydrogen) atoms. The standard InChI is InChI=1S/C17H23ClN6/c18-13-9-20-15(8-11-3-5-12(19)6-4-11)21-16(13)17-14(22-24-23-17)7-10-1-2-10/h9-12H,1-8,19H2,(H,22,23,24). The quantitative estimate of drug-likeness (QED) is 0.868. The van der Waals surface area contributed by atoms with Crippen LogP contribution >= 0.6 is 11.6 Å². The molecule has 0 saturated heterocycles. The Balaban J connectivity index is 1.54. The molecule has 0 aromatic carbocycles. The molecular formula is C17H23ClN6. The van der Waals surface area contributed by atoms with Gasteiger partial charge in [0.2, 0.25) is 0 Å². The molecule has 2 fully saturated rings. The summed E-state index contributed by atoms with van der Waals surface area (Å²) >= 11 is 6.35. The van der Waals surface area contributed by atoms with Crippen LogP contribution in [0.15, 0.2) is 6.20 Å². The molecule has 2 aromatic heterocycles. The van der Waals surface area contributed by atoms with Crippen molar-refractivity contribution in [3.05, 3.63) is 22.7 Å². The van der Waals surface area contributed by atoms with E-state index in [0.717, 1.165) is 61.7 Å². The summed E-state index contributed by atoms with van der Waals surface area (Å²) in [4.78, 5) is 9.15. The number of H-pyrrole nitrogens is 1. The Labute approximate surface area is 146 Å². The Morgan fingerprint density at radius 3 is 2.46 bits per heavy atom. The van der Waals surface area contributed by atoms with Gasteiger partial charge in [0, 0.05) is 18.7 Å². The molecule has 0 atom stereocenters. The Morgan fingerprint density at radius 1 is 1.00 bits per heavy atom. The summed E-state index contributed by atoms with van der Waals surface area (Å²) in [7, 11) is 0. The van der Waals surface area contributed by atoms with Crippen LogP contribution in [0.2, 0.25) is 5.02 Å². The van der Waals surface area contributed by atoms with Gasteiger partial charge in [-0.2, -0.15) is 15.4 Å². The lowest BCUT2D eigenvalue weighted by Gasteiger charge is -2.25. The van der Waals surface area contributed by atoms with Crippen LogP contribution in [-0.4, -0.2) is 31.4 Å². The van der Waals surface area contributed by atoms with Crippen LogP contribution in [-0.2, 0) is 12.8 Å². The lowest BCUT2D eigenvalue weighted by molar-refractivity contribution is 0.321. The van der Waals surface area contributed by atoms with Crippen molar-refractivity contribution >= 4 is 11.6 Å². The van der Waals surface area contributed by atoms with Gasteiger partial charge in [-0.05, 0) is 56.8 Å². The first-order chi connectivity index (χ1) is 11.7. The molecule has 4 rings (SSSR count). The van der Waals surface area contributed by atoms with E-state index >= 15 is 0 Å². The van der Waals surface area contributed by atoms with Crippen LogP contribution in [0.25, 0.3) is 11.4 Å². The molecule has 0 amide bonds. The van der Waals surface area contributed by atoms with Gasteiger partial charge in [-0.25, -0.2) is 9.97 Å². The van der Waals surface area contributed by atoms with Gasteiger partial charge < -0.3 is 5.73 Å². The van der Waals surface area contributed by atoms with Crippen LogP contribution in [0.1, 0.15) is 50.0 Å². The van der Waals surface area contributed by atoms with Crippen LogP contribution in [0.5, 0.6) is 0 Å². The molecule has 2 heterocycles. The van der Waals surface area contributed by atoms with Crippen molar-refractivity contribution in [2.45, 2.75) is 57.4 Å². The highest BCUT2D eigenvalue weighted by Crippen LogP contribution is 2.35. The minimum Gasteiger partial charge on any atom is -0.328 e. The summed E-state index contributed by atoms with van der Waals surface area (Å²) in [5, 5.41) is 11.9. The molecule has 2 saturated carbocycles. The Morgan fingerprint density at radius 2 is 1.71 bits per heavy atom. The predicted octanol–water partition coefficient (Wildman–Crippen LogP) is 2.93. The van der Waals surface area contributed by atoms with E-state index < -0.39 is 0 Å². The highest BCUT2D eigenvalue weighted by atomic mass is 35.5. The zero-order chi connectivity index (χ0) is 16.5. The number of aromatic amines is 1. The van der Waals surface area contributed by atoms with E-state index in [1.807, 2.05) is 0 Å². The first-order valence-corrected chi connectivity index (χ1v) is 9.24. The van der Waals surface area contributed by atoms with Crippen LogP contribution < -0.4 is 5.73 Å². The number of nitrogens with one attached hydrogen (secondary N) is 1. The fourth-order valence-electron chi connectivity index (χ4n) is 3.50. The average molecular weight is 347 g/mol. The lowest BCUT2D eigenvalue weighted by Crippen LogP contribution is -2.27. The first-order valence-electron chi connectivity index (χ1n) is 8.86. The second kappa shape index (κ2) is 6.76. The number of rotatable bonds is 5. The molecule has 0 spiro atoms. The normalized spacial score (nSPS) is 24.2. The molecule has 3 N–H and O–H groups in total. The van der Waals surface area contributed by atoms with Crippen molar-refractivity contribution < 1.29 is 0 Å². The van der Waals surface area contributed by atoms with Gasteiger partial charge in [0.05, 0.1) is 10.7 Å². The number of nitrogens with two attached hydrogens (primary N) is 1. The number of aromatic nitrogens is 5. The third-order valence-corrected chi connectivity index (χ3v) is 5.46. The fraction of sp³-hybridized carbons (Fsp3) is 0.647. The molecule has 7 heteroatoms. The summed E-state index contributed by atoms with van der Waals surface area (Å²) in [6, 6.07) is 0.364. The summed E-state index contributed by atoms with van der Waals surface area (Å²) < 4.78 is 0. The van der Waals surface area contributed by atoms with E-state index in [-0.39, 0.29) is 0 Å². The predicted molar refractivity (Wildman–Crippen MR) is 92.5 cm³/mol. The van der Waals surface area contributed by atoms with Crippen LogP contribution in [0.4, 0.5) is 0 Å². The van der Waals surface area contributed by atoms with Crippen molar-refractivity contribution in [2.24, 2.45) is 17.6 Å². The van der Waals surface area contributed by atoms with E-state index in [0.29, 0.717) is 22.7 Å². The van der Waals surface area contributed by atoms with Gasteiger partial charge >= 0.3 is 0 Å². The molecule has 2 aliphatic carbocycles. The van der Waals surface area contributed by atoms with E-state index in [9.17, 15) is 0 Å². The maximum absolute atomic E-state index is 6.35. The summed E-state index contributed by atoms with van der Waals surface area (Å²) in [5.41, 5.74) is 8.44. The smallest absolute Gasteiger partial charge is 0.136 e. The van der Waals surface area contributed by atoms with Crippen molar-refractivity contribution in [3.63, 3.8) is 0 Å². The van der Waals surface area contributed by atoms with E-state index in [2.05, 4.69) is 20.4 Å². The highest BCUT2D eigenvalue weighted by molar-refractivity contribution is 6.32. The number of halogens is 1. The maximum Gasteiger partial charge on any atom is 0.136 e. The molecule has 0 radical (unpaired) electrons. The van der Waals surface area contributed by atoms with E-state index in [1.54, 1.807) is 6.20 Å². The third kappa shape index (κ3) is 3.59. The third-order valence-electron chi connectivity index (χ3n) is 5.18. The van der Waals surface area contributed by atoms with Gasteiger partial charge in [0.15, 0.2) is 0 Å². The summed E-state index contributed by atoms with van der Waals surface area (Å²) in [5.74, 6) is 2.19. The summed E-state index contributed by atoms with van der Waals surface area (Å²) in [6.45, 7) is 0. The number of hydrogen-bond donors (Lipinski definition) is 2. The molecule has 0 unspecified atom stereocenters. The highest BCUT2D eigenvalue weighted by Gasteiger charge is 2.26. The molecular weight excluding hydrogens is 324 g/mol. The Hall–Kier alpha value is -1.53. The SMILES string of the molecule is NC1CCC(Cc2ncc(Cl)c(-c3n[nH]nc3CC3CC3)n2)CC1. The Bertz CT molecular complexity index is 703. The molecule has 6 nitrogen and oxygen atoms in total. The minimum atomic E-state index is 0.364. The Kier molecular flexibility index (Phi) is 4.50. The second-order valence-electron chi connectivity index (χ2n) is 7.23. The molecule has 0 aliphatic heterocycles. The van der Waals surface area contributed by atoms with E-state index in [4.69, 9.17) is 22.3 Å². The largest absolute Gasteiger partial charge is 0.328 e. The molecule has 0 bridgehead atoms. The number of hydrogen-bond acceptors (Lipinski definition) is 5. The van der Waals surface area contributed by atoms with Crippen molar-refractivity contribution in [1.29, 1.82) is 0 Å². The van der Waals surface area contributed by atoms with Crippen LogP contribution in [0, 0.1) is 11.8 Å². The van der Waals surface area contributed by atoms with Crippen molar-refractivity contribution in [1.82, 2.24) is 25.4 Å². The van der Waals surface area contributed by atoms with Gasteiger partial charge in [-0.3, -0.25) is 0 Å². The van der Waals surface area contributed by atoms with Gasteiger partial charge in [-0.15, -0.1) is 0 Å². The fourth-order valence-corrected chi connectivity index (χ4v) is 3.68. The van der Waals surface area contributed by atoms with Crippen LogP contribution in [0.3, 0.4) is 0 Å². The van der Waals surface area contributed by atoms with Crippen molar-refractivity contribution in [2.75, 3.05) is 0 Å². The average Bonchev–Trinajstić information content (AvgIpc) is 3.28. The minimum absolute atomic E-state index is 0.364. The molecule has 128 valence electrons. The van der Waals surface area contributed by atoms with Gasteiger partial charge in [0.1, 0.15) is 17.2 Å². The summed E-state index contributed by atoms with van der Waals surface area (Å²) in [6.07, 6.45) is 10.6. The second-order valence-corrected chi connectivity index (χ2v) is 7.64. The topological polar surface area (TPSA) is 93.4 Å². The molecule has 2 aromatic rings. The number of nitrogens with zero attached hydrogens (tertiary/aromatic N) is 4. The van der Waals surface area contributed by atoms with Gasteiger partial charge in [0.25, 0.3) is 0 Å². The monoisotopic (exact) mass is 346 g/mol. The zero-order valence-corrected chi connectivity index (χ0v) is 14.5. The van der Waals surface area contributed by atoms with E-state index in [1.165, 1.54) is 12.8 Å². The lowest BCUT2D eigenvalue weighted by atomic mass is 9.84. The van der Waals surface area contributed by atoms with Gasteiger partial charge in [-0.1, -0.05) is 11.6 Å². The maximum atomic E-state index is 6.35. The van der Waals surface area contributed by atoms with Crippen molar-refractivity contribution in [3.8, 4) is 11.4 Å².